The van der Waals surface area contributed by atoms with Crippen LogP contribution in [0.4, 0.5) is 0 Å². The fraction of sp³-hybridized carbons (Fsp3) is 0.857. The van der Waals surface area contributed by atoms with E-state index in [9.17, 15) is 4.79 Å². The number of hydrogen-bond donors (Lipinski definition) is 2. The lowest BCUT2D eigenvalue weighted by Crippen LogP contribution is -2.57. The quantitative estimate of drug-likeness (QED) is 0.761. The van der Waals surface area contributed by atoms with E-state index < -0.39 is 5.54 Å². The standard InChI is InChI=1S/C14H26N2O2S/c1-11(2)18-10-12(17)16-14(13(15)19)8-6-4-3-5-7-9-14/h11H,3-10H2,1-2H3,(H2,15,19)(H,16,17). The van der Waals surface area contributed by atoms with Gasteiger partial charge in [0.1, 0.15) is 6.61 Å². The predicted molar refractivity (Wildman–Crippen MR) is 81.1 cm³/mol. The molecule has 110 valence electrons. The predicted octanol–water partition coefficient (Wildman–Crippen LogP) is 2.30. The van der Waals surface area contributed by atoms with Crippen molar-refractivity contribution in [3.63, 3.8) is 0 Å². The number of rotatable bonds is 5. The van der Waals surface area contributed by atoms with Crippen molar-refractivity contribution in [2.75, 3.05) is 6.61 Å². The van der Waals surface area contributed by atoms with E-state index in [0.717, 1.165) is 25.7 Å². The van der Waals surface area contributed by atoms with Crippen molar-refractivity contribution in [2.24, 2.45) is 5.73 Å². The van der Waals surface area contributed by atoms with Crippen molar-refractivity contribution in [1.29, 1.82) is 0 Å². The second-order valence-electron chi connectivity index (χ2n) is 5.62. The van der Waals surface area contributed by atoms with E-state index >= 15 is 0 Å². The highest BCUT2D eigenvalue weighted by molar-refractivity contribution is 7.80. The van der Waals surface area contributed by atoms with Gasteiger partial charge in [0.15, 0.2) is 0 Å². The van der Waals surface area contributed by atoms with Gasteiger partial charge in [0, 0.05) is 0 Å². The van der Waals surface area contributed by atoms with Gasteiger partial charge < -0.3 is 15.8 Å². The van der Waals surface area contributed by atoms with E-state index in [2.05, 4.69) is 5.32 Å². The van der Waals surface area contributed by atoms with Gasteiger partial charge in [-0.25, -0.2) is 0 Å². The van der Waals surface area contributed by atoms with E-state index in [1.165, 1.54) is 19.3 Å². The maximum absolute atomic E-state index is 12.0. The van der Waals surface area contributed by atoms with Gasteiger partial charge >= 0.3 is 0 Å². The minimum absolute atomic E-state index is 0.0452. The molecule has 0 bridgehead atoms. The molecule has 1 amide bonds. The molecule has 19 heavy (non-hydrogen) atoms. The van der Waals surface area contributed by atoms with Crippen LogP contribution in [-0.2, 0) is 9.53 Å². The fourth-order valence-electron chi connectivity index (χ4n) is 2.49. The van der Waals surface area contributed by atoms with E-state index in [1.807, 2.05) is 13.8 Å². The Morgan fingerprint density at radius 1 is 1.26 bits per heavy atom. The zero-order chi connectivity index (χ0) is 14.3. The molecule has 0 aliphatic heterocycles. The van der Waals surface area contributed by atoms with Crippen LogP contribution in [0.15, 0.2) is 0 Å². The molecule has 3 N–H and O–H groups in total. The topological polar surface area (TPSA) is 64.3 Å². The van der Waals surface area contributed by atoms with Gasteiger partial charge in [-0.3, -0.25) is 4.79 Å². The van der Waals surface area contributed by atoms with Gasteiger partial charge in [-0.15, -0.1) is 0 Å². The summed E-state index contributed by atoms with van der Waals surface area (Å²) in [6, 6.07) is 0. The molecule has 4 nitrogen and oxygen atoms in total. The Kier molecular flexibility index (Phi) is 6.72. The van der Waals surface area contributed by atoms with E-state index in [1.54, 1.807) is 0 Å². The molecule has 1 aliphatic carbocycles. The zero-order valence-corrected chi connectivity index (χ0v) is 12.9. The average molecular weight is 286 g/mol. The SMILES string of the molecule is CC(C)OCC(=O)NC1(C(N)=S)CCCCCCC1. The molecule has 0 aromatic carbocycles. The number of nitrogens with two attached hydrogens (primary N) is 1. The Morgan fingerprint density at radius 3 is 2.26 bits per heavy atom. The van der Waals surface area contributed by atoms with Gasteiger partial charge in [0.2, 0.25) is 5.91 Å². The lowest BCUT2D eigenvalue weighted by Gasteiger charge is -2.35. The summed E-state index contributed by atoms with van der Waals surface area (Å²) in [5.74, 6) is -0.123. The van der Waals surface area contributed by atoms with E-state index in [4.69, 9.17) is 22.7 Å². The van der Waals surface area contributed by atoms with Gasteiger partial charge in [-0.2, -0.15) is 0 Å². The molecule has 0 aromatic heterocycles. The number of amides is 1. The summed E-state index contributed by atoms with van der Waals surface area (Å²) in [4.78, 5) is 12.4. The molecule has 1 fully saturated rings. The van der Waals surface area contributed by atoms with Crippen LogP contribution in [0.5, 0.6) is 0 Å². The van der Waals surface area contributed by atoms with Gasteiger partial charge in [-0.1, -0.05) is 44.3 Å². The Balaban J connectivity index is 2.63. The summed E-state index contributed by atoms with van der Waals surface area (Å²) in [6.07, 6.45) is 7.48. The van der Waals surface area contributed by atoms with Crippen molar-refractivity contribution in [3.05, 3.63) is 0 Å². The van der Waals surface area contributed by atoms with E-state index in [-0.39, 0.29) is 18.6 Å². The molecule has 0 atom stereocenters. The highest BCUT2D eigenvalue weighted by Crippen LogP contribution is 2.26. The van der Waals surface area contributed by atoms with Crippen LogP contribution in [0, 0.1) is 0 Å². The number of ether oxygens (including phenoxy) is 1. The van der Waals surface area contributed by atoms with Gasteiger partial charge in [0.05, 0.1) is 16.6 Å². The van der Waals surface area contributed by atoms with Crippen LogP contribution in [-0.4, -0.2) is 29.1 Å². The molecule has 1 saturated carbocycles. The number of thiocarbonyl (C=S) groups is 1. The Bertz CT molecular complexity index is 311. The molecule has 5 heteroatoms. The van der Waals surface area contributed by atoms with Gasteiger partial charge in [-0.05, 0) is 26.7 Å². The summed E-state index contributed by atoms with van der Waals surface area (Å²) < 4.78 is 5.33. The maximum Gasteiger partial charge on any atom is 0.246 e. The van der Waals surface area contributed by atoms with Crippen LogP contribution in [0.2, 0.25) is 0 Å². The molecule has 0 aromatic rings. The monoisotopic (exact) mass is 286 g/mol. The molecule has 1 aliphatic rings. The van der Waals surface area contributed by atoms with Crippen LogP contribution >= 0.6 is 12.2 Å². The maximum atomic E-state index is 12.0. The number of carbonyl (C=O) groups excluding carboxylic acids is 1. The van der Waals surface area contributed by atoms with Crippen LogP contribution in [0.25, 0.3) is 0 Å². The third-order valence-corrected chi connectivity index (χ3v) is 4.00. The third kappa shape index (κ3) is 5.45. The Labute approximate surface area is 121 Å². The minimum atomic E-state index is -0.507. The molecule has 0 heterocycles. The molecule has 0 unspecified atom stereocenters. The summed E-state index contributed by atoms with van der Waals surface area (Å²) in [7, 11) is 0. The average Bonchev–Trinajstić information content (AvgIpc) is 2.30. The smallest absolute Gasteiger partial charge is 0.246 e. The third-order valence-electron chi connectivity index (χ3n) is 3.61. The largest absolute Gasteiger partial charge is 0.391 e. The minimum Gasteiger partial charge on any atom is -0.391 e. The molecular weight excluding hydrogens is 260 g/mol. The molecule has 0 saturated heterocycles. The lowest BCUT2D eigenvalue weighted by molar-refractivity contribution is -0.128. The summed E-state index contributed by atoms with van der Waals surface area (Å²) >= 11 is 5.21. The Hall–Kier alpha value is -0.680. The summed E-state index contributed by atoms with van der Waals surface area (Å²) in [5, 5.41) is 3.02. The van der Waals surface area contributed by atoms with Crippen molar-refractivity contribution in [1.82, 2.24) is 5.32 Å². The van der Waals surface area contributed by atoms with Crippen molar-refractivity contribution < 1.29 is 9.53 Å². The molecule has 0 radical (unpaired) electrons. The first-order valence-corrected chi connectivity index (χ1v) is 7.59. The van der Waals surface area contributed by atoms with Crippen LogP contribution in [0.3, 0.4) is 0 Å². The normalized spacial score (nSPS) is 19.5. The van der Waals surface area contributed by atoms with Crippen LogP contribution in [0.1, 0.15) is 58.8 Å². The second-order valence-corrected chi connectivity index (χ2v) is 6.06. The first-order valence-electron chi connectivity index (χ1n) is 7.19. The summed E-state index contributed by atoms with van der Waals surface area (Å²) in [6.45, 7) is 3.89. The second kappa shape index (κ2) is 7.80. The van der Waals surface area contributed by atoms with Gasteiger partial charge in [0.25, 0.3) is 0 Å². The molecule has 0 spiro atoms. The highest BCUT2D eigenvalue weighted by atomic mass is 32.1. The lowest BCUT2D eigenvalue weighted by atomic mass is 9.83. The highest BCUT2D eigenvalue weighted by Gasteiger charge is 2.34. The van der Waals surface area contributed by atoms with Crippen molar-refractivity contribution >= 4 is 23.1 Å². The Morgan fingerprint density at radius 2 is 1.79 bits per heavy atom. The number of carbonyl (C=O) groups is 1. The van der Waals surface area contributed by atoms with Crippen molar-refractivity contribution in [3.8, 4) is 0 Å². The zero-order valence-electron chi connectivity index (χ0n) is 12.0. The molecule has 1 rings (SSSR count). The number of hydrogen-bond acceptors (Lipinski definition) is 3. The van der Waals surface area contributed by atoms with Crippen molar-refractivity contribution in [2.45, 2.75) is 70.4 Å². The first kappa shape index (κ1) is 16.4. The first-order chi connectivity index (χ1) is 8.96. The van der Waals surface area contributed by atoms with E-state index in [0.29, 0.717) is 4.99 Å². The number of nitrogens with one attached hydrogen (secondary N) is 1. The fourth-order valence-corrected chi connectivity index (χ4v) is 2.74. The summed E-state index contributed by atoms with van der Waals surface area (Å²) in [5.41, 5.74) is 5.40. The van der Waals surface area contributed by atoms with Crippen LogP contribution < -0.4 is 11.1 Å². The molecular formula is C14H26N2O2S.